The summed E-state index contributed by atoms with van der Waals surface area (Å²) < 4.78 is 6.61. The van der Waals surface area contributed by atoms with Crippen LogP contribution in [0.5, 0.6) is 5.88 Å². The summed E-state index contributed by atoms with van der Waals surface area (Å²) >= 11 is 5.72. The number of hydrogen-bond acceptors (Lipinski definition) is 2. The lowest BCUT2D eigenvalue weighted by atomic mass is 10.5. The van der Waals surface area contributed by atoms with Gasteiger partial charge in [-0.25, -0.2) is 0 Å². The van der Waals surface area contributed by atoms with Crippen molar-refractivity contribution in [2.45, 2.75) is 0 Å². The standard InChI is InChI=1S/C7H6ClNO2/c1-9-4-2-3-11-6(4)5(8)7(9)10/h2-3,10H,1H3. The normalized spacial score (nSPS) is 11.1. The number of furan rings is 1. The summed E-state index contributed by atoms with van der Waals surface area (Å²) in [7, 11) is 1.72. The van der Waals surface area contributed by atoms with Gasteiger partial charge in [0.25, 0.3) is 0 Å². The van der Waals surface area contributed by atoms with E-state index >= 15 is 0 Å². The monoisotopic (exact) mass is 171 g/mol. The van der Waals surface area contributed by atoms with Gasteiger partial charge < -0.3 is 14.1 Å². The molecule has 0 spiro atoms. The van der Waals surface area contributed by atoms with E-state index in [0.717, 1.165) is 5.52 Å². The van der Waals surface area contributed by atoms with Gasteiger partial charge in [-0.05, 0) is 0 Å². The molecule has 0 aliphatic heterocycles. The van der Waals surface area contributed by atoms with Gasteiger partial charge in [0.05, 0.1) is 11.8 Å². The summed E-state index contributed by atoms with van der Waals surface area (Å²) in [4.78, 5) is 0. The summed E-state index contributed by atoms with van der Waals surface area (Å²) in [5, 5.41) is 9.56. The van der Waals surface area contributed by atoms with Crippen LogP contribution in [0.1, 0.15) is 0 Å². The Bertz CT molecular complexity index is 367. The van der Waals surface area contributed by atoms with Crippen LogP contribution in [-0.4, -0.2) is 9.67 Å². The molecule has 0 saturated carbocycles. The molecule has 0 atom stereocenters. The Morgan fingerprint density at radius 1 is 1.64 bits per heavy atom. The highest BCUT2D eigenvalue weighted by Gasteiger charge is 2.14. The van der Waals surface area contributed by atoms with Crippen molar-refractivity contribution in [3.05, 3.63) is 17.4 Å². The van der Waals surface area contributed by atoms with Crippen LogP contribution in [-0.2, 0) is 7.05 Å². The second kappa shape index (κ2) is 1.95. The maximum absolute atomic E-state index is 9.29. The third-order valence-corrected chi connectivity index (χ3v) is 2.06. The Morgan fingerprint density at radius 2 is 2.36 bits per heavy atom. The molecule has 2 heterocycles. The van der Waals surface area contributed by atoms with Gasteiger partial charge in [0.2, 0.25) is 5.88 Å². The fourth-order valence-electron chi connectivity index (χ4n) is 1.09. The van der Waals surface area contributed by atoms with Crippen molar-refractivity contribution in [3.8, 4) is 5.88 Å². The van der Waals surface area contributed by atoms with Gasteiger partial charge in [-0.2, -0.15) is 0 Å². The Morgan fingerprint density at radius 3 is 3.00 bits per heavy atom. The van der Waals surface area contributed by atoms with E-state index in [9.17, 15) is 5.11 Å². The zero-order valence-electron chi connectivity index (χ0n) is 5.84. The highest BCUT2D eigenvalue weighted by molar-refractivity contribution is 6.36. The maximum Gasteiger partial charge on any atom is 0.214 e. The van der Waals surface area contributed by atoms with Crippen LogP contribution >= 0.6 is 11.6 Å². The van der Waals surface area contributed by atoms with Crippen molar-refractivity contribution in [1.29, 1.82) is 0 Å². The summed E-state index contributed by atoms with van der Waals surface area (Å²) in [5.41, 5.74) is 1.33. The summed E-state index contributed by atoms with van der Waals surface area (Å²) in [6, 6.07) is 1.75. The summed E-state index contributed by atoms with van der Waals surface area (Å²) in [5.74, 6) is 0.0426. The quantitative estimate of drug-likeness (QED) is 0.660. The van der Waals surface area contributed by atoms with Crippen LogP contribution in [0.2, 0.25) is 5.02 Å². The maximum atomic E-state index is 9.29. The van der Waals surface area contributed by atoms with Crippen molar-refractivity contribution in [1.82, 2.24) is 4.57 Å². The van der Waals surface area contributed by atoms with E-state index in [-0.39, 0.29) is 10.9 Å². The molecule has 0 radical (unpaired) electrons. The van der Waals surface area contributed by atoms with Gasteiger partial charge in [0, 0.05) is 13.1 Å². The molecule has 0 bridgehead atoms. The number of aromatic hydroxyl groups is 1. The highest BCUT2D eigenvalue weighted by Crippen LogP contribution is 2.34. The van der Waals surface area contributed by atoms with E-state index in [1.165, 1.54) is 6.26 Å². The number of aromatic nitrogens is 1. The minimum absolute atomic E-state index is 0.0426. The van der Waals surface area contributed by atoms with Crippen LogP contribution in [0.3, 0.4) is 0 Å². The summed E-state index contributed by atoms with van der Waals surface area (Å²) in [6.45, 7) is 0. The number of nitrogens with zero attached hydrogens (tertiary/aromatic N) is 1. The molecule has 2 rings (SSSR count). The molecule has 0 aliphatic carbocycles. The first-order valence-corrected chi connectivity index (χ1v) is 3.50. The molecule has 0 unspecified atom stereocenters. The predicted octanol–water partition coefficient (Wildman–Crippen LogP) is 2.13. The largest absolute Gasteiger partial charge is 0.493 e. The first kappa shape index (κ1) is 6.61. The van der Waals surface area contributed by atoms with E-state index in [1.54, 1.807) is 17.7 Å². The Hall–Kier alpha value is -1.09. The predicted molar refractivity (Wildman–Crippen MR) is 41.9 cm³/mol. The molecule has 2 aromatic heterocycles. The Labute approximate surface area is 67.8 Å². The van der Waals surface area contributed by atoms with Crippen molar-refractivity contribution in [2.24, 2.45) is 7.05 Å². The number of rotatable bonds is 0. The van der Waals surface area contributed by atoms with E-state index < -0.39 is 0 Å². The van der Waals surface area contributed by atoms with Crippen molar-refractivity contribution < 1.29 is 9.52 Å². The number of halogens is 1. The van der Waals surface area contributed by atoms with Crippen LogP contribution in [0, 0.1) is 0 Å². The molecular weight excluding hydrogens is 166 g/mol. The van der Waals surface area contributed by atoms with Crippen LogP contribution in [0.25, 0.3) is 11.1 Å². The topological polar surface area (TPSA) is 38.3 Å². The van der Waals surface area contributed by atoms with Gasteiger partial charge in [-0.3, -0.25) is 0 Å². The van der Waals surface area contributed by atoms with Gasteiger partial charge in [0.1, 0.15) is 5.02 Å². The smallest absolute Gasteiger partial charge is 0.214 e. The summed E-state index contributed by atoms with van der Waals surface area (Å²) in [6.07, 6.45) is 1.54. The van der Waals surface area contributed by atoms with Gasteiger partial charge in [-0.15, -0.1) is 0 Å². The molecule has 0 saturated heterocycles. The minimum atomic E-state index is 0.0426. The van der Waals surface area contributed by atoms with Crippen molar-refractivity contribution in [3.63, 3.8) is 0 Å². The third-order valence-electron chi connectivity index (χ3n) is 1.72. The van der Waals surface area contributed by atoms with Crippen LogP contribution < -0.4 is 0 Å². The van der Waals surface area contributed by atoms with Gasteiger partial charge in [0.15, 0.2) is 5.58 Å². The highest BCUT2D eigenvalue weighted by atomic mass is 35.5. The molecule has 3 nitrogen and oxygen atoms in total. The molecule has 2 aromatic rings. The molecule has 0 amide bonds. The Kier molecular flexibility index (Phi) is 1.17. The SMILES string of the molecule is Cn1c(O)c(Cl)c2occc21. The second-order valence-electron chi connectivity index (χ2n) is 2.33. The average molecular weight is 172 g/mol. The second-order valence-corrected chi connectivity index (χ2v) is 2.71. The lowest BCUT2D eigenvalue weighted by Gasteiger charge is -1.92. The fourth-order valence-corrected chi connectivity index (χ4v) is 1.36. The van der Waals surface area contributed by atoms with Crippen molar-refractivity contribution in [2.75, 3.05) is 0 Å². The number of fused-ring (bicyclic) bond motifs is 1. The molecule has 1 N–H and O–H groups in total. The van der Waals surface area contributed by atoms with E-state index in [2.05, 4.69) is 0 Å². The average Bonchev–Trinajstić information content (AvgIpc) is 2.53. The van der Waals surface area contributed by atoms with E-state index in [4.69, 9.17) is 16.0 Å². The third kappa shape index (κ3) is 0.686. The minimum Gasteiger partial charge on any atom is -0.493 e. The number of aryl methyl sites for hydroxylation is 1. The Balaban J connectivity index is 3.00. The van der Waals surface area contributed by atoms with Crippen LogP contribution in [0.4, 0.5) is 0 Å². The first-order valence-electron chi connectivity index (χ1n) is 3.12. The molecular formula is C7H6ClNO2. The van der Waals surface area contributed by atoms with Gasteiger partial charge >= 0.3 is 0 Å². The zero-order chi connectivity index (χ0) is 8.01. The molecule has 58 valence electrons. The zero-order valence-corrected chi connectivity index (χ0v) is 6.59. The molecule has 4 heteroatoms. The van der Waals surface area contributed by atoms with E-state index in [0.29, 0.717) is 5.58 Å². The molecule has 11 heavy (non-hydrogen) atoms. The lowest BCUT2D eigenvalue weighted by molar-refractivity contribution is 0.435. The van der Waals surface area contributed by atoms with E-state index in [1.807, 2.05) is 0 Å². The van der Waals surface area contributed by atoms with Crippen LogP contribution in [0.15, 0.2) is 16.7 Å². The molecule has 0 aromatic carbocycles. The number of hydrogen-bond donors (Lipinski definition) is 1. The van der Waals surface area contributed by atoms with Crippen molar-refractivity contribution >= 4 is 22.7 Å². The lowest BCUT2D eigenvalue weighted by Crippen LogP contribution is -1.83. The first-order chi connectivity index (χ1) is 5.22. The van der Waals surface area contributed by atoms with Gasteiger partial charge in [-0.1, -0.05) is 11.6 Å². The molecule has 0 fully saturated rings. The molecule has 0 aliphatic rings. The fraction of sp³-hybridized carbons (Fsp3) is 0.143.